The topological polar surface area (TPSA) is 21.3 Å². The van der Waals surface area contributed by atoms with Gasteiger partial charge in [0, 0.05) is 13.2 Å². The molecule has 2 rings (SSSR count). The molecule has 2 nitrogen and oxygen atoms in total. The number of benzene rings is 2. The summed E-state index contributed by atoms with van der Waals surface area (Å²) < 4.78 is 5.36. The zero-order valence-electron chi connectivity index (χ0n) is 12.5. The molecule has 0 bridgehead atoms. The fraction of sp³-hybridized carbons (Fsp3) is 0.333. The highest BCUT2D eigenvalue weighted by Crippen LogP contribution is 2.22. The quantitative estimate of drug-likeness (QED) is 0.854. The lowest BCUT2D eigenvalue weighted by Gasteiger charge is -2.24. The minimum absolute atomic E-state index is 0.204. The summed E-state index contributed by atoms with van der Waals surface area (Å²) in [6, 6.07) is 19.5. The summed E-state index contributed by atoms with van der Waals surface area (Å²) in [7, 11) is 1.75. The van der Waals surface area contributed by atoms with Crippen LogP contribution in [0.25, 0.3) is 0 Å². The van der Waals surface area contributed by atoms with Crippen molar-refractivity contribution < 1.29 is 4.74 Å². The largest absolute Gasteiger partial charge is 0.383 e. The lowest BCUT2D eigenvalue weighted by molar-refractivity contribution is 0.162. The van der Waals surface area contributed by atoms with Crippen molar-refractivity contribution in [1.82, 2.24) is 5.32 Å². The smallest absolute Gasteiger partial charge is 0.0657 e. The molecule has 0 amide bonds. The number of hydrogen-bond acceptors (Lipinski definition) is 2. The van der Waals surface area contributed by atoms with E-state index in [9.17, 15) is 0 Å². The summed E-state index contributed by atoms with van der Waals surface area (Å²) in [5, 5.41) is 3.67. The SMILES string of the molecule is COCC(N[C@H](C)c1ccccc1C)c1ccccc1. The zero-order valence-corrected chi connectivity index (χ0v) is 12.5. The highest BCUT2D eigenvalue weighted by atomic mass is 16.5. The van der Waals surface area contributed by atoms with E-state index in [1.807, 2.05) is 6.07 Å². The van der Waals surface area contributed by atoms with Gasteiger partial charge in [-0.1, -0.05) is 54.6 Å². The maximum atomic E-state index is 5.36. The van der Waals surface area contributed by atoms with Crippen LogP contribution < -0.4 is 5.32 Å². The molecule has 0 aliphatic rings. The number of aryl methyl sites for hydroxylation is 1. The molecule has 0 aliphatic heterocycles. The summed E-state index contributed by atoms with van der Waals surface area (Å²) in [5.74, 6) is 0. The molecule has 2 heteroatoms. The van der Waals surface area contributed by atoms with Gasteiger partial charge >= 0.3 is 0 Å². The van der Waals surface area contributed by atoms with Gasteiger partial charge < -0.3 is 10.1 Å². The van der Waals surface area contributed by atoms with Crippen molar-refractivity contribution in [3.8, 4) is 0 Å². The van der Waals surface area contributed by atoms with E-state index in [1.54, 1.807) is 7.11 Å². The second-order valence-corrected chi connectivity index (χ2v) is 5.16. The van der Waals surface area contributed by atoms with Crippen LogP contribution in [0.2, 0.25) is 0 Å². The lowest BCUT2D eigenvalue weighted by atomic mass is 10.00. The summed E-state index contributed by atoms with van der Waals surface area (Å²) in [4.78, 5) is 0. The van der Waals surface area contributed by atoms with Crippen LogP contribution in [0.15, 0.2) is 54.6 Å². The minimum Gasteiger partial charge on any atom is -0.383 e. The molecule has 106 valence electrons. The first-order chi connectivity index (χ1) is 9.72. The van der Waals surface area contributed by atoms with E-state index < -0.39 is 0 Å². The average molecular weight is 269 g/mol. The second-order valence-electron chi connectivity index (χ2n) is 5.16. The standard InChI is InChI=1S/C18H23NO/c1-14-9-7-8-12-17(14)15(2)19-18(13-20-3)16-10-5-4-6-11-16/h4-12,15,18-19H,13H2,1-3H3/t15-,18?/m1/s1. The van der Waals surface area contributed by atoms with Crippen LogP contribution in [-0.4, -0.2) is 13.7 Å². The monoisotopic (exact) mass is 269 g/mol. The molecule has 0 saturated heterocycles. The van der Waals surface area contributed by atoms with Crippen LogP contribution >= 0.6 is 0 Å². The Bertz CT molecular complexity index is 524. The first kappa shape index (κ1) is 14.8. The molecule has 1 N–H and O–H groups in total. The predicted molar refractivity (Wildman–Crippen MR) is 83.8 cm³/mol. The third-order valence-electron chi connectivity index (χ3n) is 3.64. The van der Waals surface area contributed by atoms with Crippen LogP contribution in [-0.2, 0) is 4.74 Å². The predicted octanol–water partition coefficient (Wildman–Crippen LogP) is 4.03. The molecule has 20 heavy (non-hydrogen) atoms. The van der Waals surface area contributed by atoms with Gasteiger partial charge in [0.15, 0.2) is 0 Å². The number of hydrogen-bond donors (Lipinski definition) is 1. The molecular formula is C18H23NO. The zero-order chi connectivity index (χ0) is 14.4. The molecule has 0 heterocycles. The van der Waals surface area contributed by atoms with Crippen molar-refractivity contribution in [3.05, 3.63) is 71.3 Å². The van der Waals surface area contributed by atoms with Crippen molar-refractivity contribution in [2.45, 2.75) is 25.9 Å². The number of ether oxygens (including phenoxy) is 1. The molecule has 0 spiro atoms. The average Bonchev–Trinajstić information content (AvgIpc) is 2.48. The van der Waals surface area contributed by atoms with Crippen LogP contribution in [0.3, 0.4) is 0 Å². The molecule has 2 atom stereocenters. The third-order valence-corrected chi connectivity index (χ3v) is 3.64. The Hall–Kier alpha value is -1.64. The van der Waals surface area contributed by atoms with E-state index in [2.05, 4.69) is 67.7 Å². The molecule has 0 fully saturated rings. The number of rotatable bonds is 6. The summed E-state index contributed by atoms with van der Waals surface area (Å²) in [6.45, 7) is 5.02. The van der Waals surface area contributed by atoms with E-state index in [4.69, 9.17) is 4.74 Å². The van der Waals surface area contributed by atoms with Gasteiger partial charge in [0.2, 0.25) is 0 Å². The first-order valence-corrected chi connectivity index (χ1v) is 7.08. The van der Waals surface area contributed by atoms with E-state index in [0.717, 1.165) is 0 Å². The van der Waals surface area contributed by atoms with Gasteiger partial charge in [0.25, 0.3) is 0 Å². The Morgan fingerprint density at radius 1 is 1.00 bits per heavy atom. The van der Waals surface area contributed by atoms with E-state index in [1.165, 1.54) is 16.7 Å². The molecule has 2 aromatic rings. The van der Waals surface area contributed by atoms with Gasteiger partial charge in [0.05, 0.1) is 12.6 Å². The van der Waals surface area contributed by atoms with Gasteiger partial charge in [-0.3, -0.25) is 0 Å². The van der Waals surface area contributed by atoms with Crippen molar-refractivity contribution in [3.63, 3.8) is 0 Å². The summed E-state index contributed by atoms with van der Waals surface area (Å²) in [5.41, 5.74) is 3.91. The normalized spacial score (nSPS) is 13.9. The fourth-order valence-electron chi connectivity index (χ4n) is 2.56. The summed E-state index contributed by atoms with van der Waals surface area (Å²) >= 11 is 0. The van der Waals surface area contributed by atoms with Gasteiger partial charge in [-0.05, 0) is 30.5 Å². The van der Waals surface area contributed by atoms with Crippen molar-refractivity contribution >= 4 is 0 Å². The van der Waals surface area contributed by atoms with Crippen molar-refractivity contribution in [2.75, 3.05) is 13.7 Å². The van der Waals surface area contributed by atoms with Gasteiger partial charge in [-0.15, -0.1) is 0 Å². The Kier molecular flexibility index (Phi) is 5.33. The maximum Gasteiger partial charge on any atom is 0.0657 e. The van der Waals surface area contributed by atoms with Crippen LogP contribution in [0.1, 0.15) is 35.7 Å². The molecule has 0 aromatic heterocycles. The minimum atomic E-state index is 0.204. The van der Waals surface area contributed by atoms with Gasteiger partial charge in [-0.2, -0.15) is 0 Å². The van der Waals surface area contributed by atoms with Crippen LogP contribution in [0.5, 0.6) is 0 Å². The third kappa shape index (κ3) is 3.69. The fourth-order valence-corrected chi connectivity index (χ4v) is 2.56. The number of nitrogens with one attached hydrogen (secondary N) is 1. The van der Waals surface area contributed by atoms with Crippen LogP contribution in [0.4, 0.5) is 0 Å². The molecule has 2 aromatic carbocycles. The highest BCUT2D eigenvalue weighted by molar-refractivity contribution is 5.29. The molecule has 1 unspecified atom stereocenters. The van der Waals surface area contributed by atoms with E-state index in [-0.39, 0.29) is 12.1 Å². The molecular weight excluding hydrogens is 246 g/mol. The Morgan fingerprint density at radius 3 is 2.30 bits per heavy atom. The number of methoxy groups -OCH3 is 1. The molecule has 0 aliphatic carbocycles. The van der Waals surface area contributed by atoms with Crippen LogP contribution in [0, 0.1) is 6.92 Å². The van der Waals surface area contributed by atoms with Gasteiger partial charge in [-0.25, -0.2) is 0 Å². The van der Waals surface area contributed by atoms with Crippen molar-refractivity contribution in [2.24, 2.45) is 0 Å². The Balaban J connectivity index is 2.14. The maximum absolute atomic E-state index is 5.36. The molecule has 0 saturated carbocycles. The second kappa shape index (κ2) is 7.22. The van der Waals surface area contributed by atoms with E-state index in [0.29, 0.717) is 6.61 Å². The first-order valence-electron chi connectivity index (χ1n) is 7.08. The summed E-state index contributed by atoms with van der Waals surface area (Å²) in [6.07, 6.45) is 0. The highest BCUT2D eigenvalue weighted by Gasteiger charge is 2.16. The van der Waals surface area contributed by atoms with E-state index >= 15 is 0 Å². The Morgan fingerprint density at radius 2 is 1.65 bits per heavy atom. The van der Waals surface area contributed by atoms with Crippen molar-refractivity contribution in [1.29, 1.82) is 0 Å². The van der Waals surface area contributed by atoms with Gasteiger partial charge in [0.1, 0.15) is 0 Å². The molecule has 0 radical (unpaired) electrons. The lowest BCUT2D eigenvalue weighted by Crippen LogP contribution is -2.28. The Labute approximate surface area is 121 Å².